The summed E-state index contributed by atoms with van der Waals surface area (Å²) in [6.45, 7) is 1.89. The minimum absolute atomic E-state index is 0.202. The summed E-state index contributed by atoms with van der Waals surface area (Å²) in [6, 6.07) is 3.49. The summed E-state index contributed by atoms with van der Waals surface area (Å²) in [5.74, 6) is 0.482. The fraction of sp³-hybridized carbons (Fsp3) is 0.571. The van der Waals surface area contributed by atoms with Crippen LogP contribution in [0.4, 0.5) is 11.4 Å². The second-order valence-electron chi connectivity index (χ2n) is 5.58. The summed E-state index contributed by atoms with van der Waals surface area (Å²) in [7, 11) is -3.32. The van der Waals surface area contributed by atoms with Crippen molar-refractivity contribution in [3.63, 3.8) is 0 Å². The van der Waals surface area contributed by atoms with Crippen LogP contribution in [0.15, 0.2) is 16.6 Å². The molecule has 4 nitrogen and oxygen atoms in total. The van der Waals surface area contributed by atoms with Crippen molar-refractivity contribution >= 4 is 37.3 Å². The lowest BCUT2D eigenvalue weighted by molar-refractivity contribution is 0.385. The SMILES string of the molecule is Cc1cc(Br)c(NS(=O)(=O)CC2CCCCC2)cc1N. The number of nitrogens with two attached hydrogens (primary N) is 1. The van der Waals surface area contributed by atoms with Crippen LogP contribution >= 0.6 is 15.9 Å². The first-order valence-electron chi connectivity index (χ1n) is 6.93. The number of anilines is 2. The van der Waals surface area contributed by atoms with Crippen molar-refractivity contribution in [3.05, 3.63) is 22.2 Å². The van der Waals surface area contributed by atoms with Gasteiger partial charge >= 0.3 is 0 Å². The summed E-state index contributed by atoms with van der Waals surface area (Å²) in [5.41, 5.74) is 7.86. The first-order valence-corrected chi connectivity index (χ1v) is 9.38. The molecule has 0 aliphatic heterocycles. The predicted octanol–water partition coefficient (Wildman–Crippen LogP) is 3.66. The number of sulfonamides is 1. The van der Waals surface area contributed by atoms with E-state index in [1.807, 2.05) is 13.0 Å². The molecule has 1 aromatic carbocycles. The molecule has 0 heterocycles. The molecule has 0 aromatic heterocycles. The molecular weight excluding hydrogens is 340 g/mol. The molecule has 20 heavy (non-hydrogen) atoms. The average Bonchev–Trinajstić information content (AvgIpc) is 2.36. The third-order valence-corrected chi connectivity index (χ3v) is 5.90. The Morgan fingerprint density at radius 1 is 1.30 bits per heavy atom. The van der Waals surface area contributed by atoms with E-state index in [1.54, 1.807) is 6.07 Å². The summed E-state index contributed by atoms with van der Waals surface area (Å²) in [5, 5.41) is 0. The van der Waals surface area contributed by atoms with Crippen LogP contribution in [0.2, 0.25) is 0 Å². The van der Waals surface area contributed by atoms with Crippen LogP contribution in [0.1, 0.15) is 37.7 Å². The Morgan fingerprint density at radius 2 is 1.95 bits per heavy atom. The topological polar surface area (TPSA) is 72.2 Å². The zero-order valence-electron chi connectivity index (χ0n) is 11.7. The van der Waals surface area contributed by atoms with E-state index in [0.717, 1.165) is 35.7 Å². The number of rotatable bonds is 4. The van der Waals surface area contributed by atoms with Gasteiger partial charge in [-0.15, -0.1) is 0 Å². The lowest BCUT2D eigenvalue weighted by atomic mass is 9.91. The van der Waals surface area contributed by atoms with Crippen molar-refractivity contribution < 1.29 is 8.42 Å². The van der Waals surface area contributed by atoms with Gasteiger partial charge in [-0.05, 0) is 59.3 Å². The van der Waals surface area contributed by atoms with Gasteiger partial charge in [0, 0.05) is 10.2 Å². The minimum atomic E-state index is -3.32. The van der Waals surface area contributed by atoms with Gasteiger partial charge in [0.2, 0.25) is 10.0 Å². The van der Waals surface area contributed by atoms with Gasteiger partial charge in [0.1, 0.15) is 0 Å². The zero-order valence-corrected chi connectivity index (χ0v) is 14.1. The molecule has 1 saturated carbocycles. The Bertz CT molecular complexity index is 581. The van der Waals surface area contributed by atoms with Crippen molar-refractivity contribution in [1.82, 2.24) is 0 Å². The van der Waals surface area contributed by atoms with E-state index < -0.39 is 10.0 Å². The Hall–Kier alpha value is -0.750. The first kappa shape index (κ1) is 15.6. The highest BCUT2D eigenvalue weighted by molar-refractivity contribution is 9.10. The molecule has 1 fully saturated rings. The van der Waals surface area contributed by atoms with Crippen LogP contribution in [-0.2, 0) is 10.0 Å². The molecule has 6 heteroatoms. The van der Waals surface area contributed by atoms with Gasteiger partial charge in [0.25, 0.3) is 0 Å². The largest absolute Gasteiger partial charge is 0.398 e. The molecular formula is C14H21BrN2O2S. The Morgan fingerprint density at radius 3 is 2.60 bits per heavy atom. The highest BCUT2D eigenvalue weighted by Crippen LogP contribution is 2.30. The van der Waals surface area contributed by atoms with Crippen molar-refractivity contribution in [2.75, 3.05) is 16.2 Å². The molecule has 1 aliphatic carbocycles. The fourth-order valence-corrected chi connectivity index (χ4v) is 4.87. The summed E-state index contributed by atoms with van der Waals surface area (Å²) in [4.78, 5) is 0. The lowest BCUT2D eigenvalue weighted by Crippen LogP contribution is -2.24. The van der Waals surface area contributed by atoms with Crippen LogP contribution in [0.5, 0.6) is 0 Å². The van der Waals surface area contributed by atoms with E-state index in [9.17, 15) is 8.42 Å². The van der Waals surface area contributed by atoms with Crippen LogP contribution in [0, 0.1) is 12.8 Å². The second-order valence-corrected chi connectivity index (χ2v) is 8.20. The van der Waals surface area contributed by atoms with Crippen molar-refractivity contribution in [1.29, 1.82) is 0 Å². The van der Waals surface area contributed by atoms with Gasteiger partial charge in [-0.3, -0.25) is 4.72 Å². The number of aryl methyl sites for hydroxylation is 1. The number of hydrogen-bond acceptors (Lipinski definition) is 3. The number of nitrogen functional groups attached to an aromatic ring is 1. The molecule has 0 radical (unpaired) electrons. The quantitative estimate of drug-likeness (QED) is 0.804. The second kappa shape index (κ2) is 6.35. The van der Waals surface area contributed by atoms with E-state index in [4.69, 9.17) is 5.73 Å². The van der Waals surface area contributed by atoms with E-state index in [-0.39, 0.29) is 11.7 Å². The zero-order chi connectivity index (χ0) is 14.8. The van der Waals surface area contributed by atoms with E-state index in [2.05, 4.69) is 20.7 Å². The Balaban J connectivity index is 2.09. The molecule has 1 aromatic rings. The number of halogens is 1. The molecule has 0 spiro atoms. The Labute approximate surface area is 129 Å². The van der Waals surface area contributed by atoms with E-state index in [0.29, 0.717) is 11.4 Å². The maximum Gasteiger partial charge on any atom is 0.233 e. The molecule has 1 aliphatic rings. The van der Waals surface area contributed by atoms with Crippen LogP contribution in [0.25, 0.3) is 0 Å². The monoisotopic (exact) mass is 360 g/mol. The maximum atomic E-state index is 12.2. The molecule has 3 N–H and O–H groups in total. The lowest BCUT2D eigenvalue weighted by Gasteiger charge is -2.22. The fourth-order valence-electron chi connectivity index (χ4n) is 2.64. The summed E-state index contributed by atoms with van der Waals surface area (Å²) in [6.07, 6.45) is 5.53. The number of hydrogen-bond donors (Lipinski definition) is 2. The molecule has 0 atom stereocenters. The summed E-state index contributed by atoms with van der Waals surface area (Å²) >= 11 is 3.38. The van der Waals surface area contributed by atoms with Gasteiger partial charge in [-0.25, -0.2) is 8.42 Å². The van der Waals surface area contributed by atoms with Crippen LogP contribution in [-0.4, -0.2) is 14.2 Å². The normalized spacial score (nSPS) is 17.1. The third kappa shape index (κ3) is 4.12. The highest BCUT2D eigenvalue weighted by Gasteiger charge is 2.22. The molecule has 112 valence electrons. The molecule has 0 bridgehead atoms. The molecule has 0 amide bonds. The van der Waals surface area contributed by atoms with Crippen LogP contribution in [0.3, 0.4) is 0 Å². The van der Waals surface area contributed by atoms with Gasteiger partial charge in [-0.2, -0.15) is 0 Å². The standard InChI is InChI=1S/C14H21BrN2O2S/c1-10-7-12(15)14(8-13(10)16)17-20(18,19)9-11-5-3-2-4-6-11/h7-8,11,17H,2-6,9,16H2,1H3. The van der Waals surface area contributed by atoms with Gasteiger partial charge in [0.05, 0.1) is 11.4 Å². The molecule has 0 saturated heterocycles. The third-order valence-electron chi connectivity index (χ3n) is 3.80. The number of nitrogens with one attached hydrogen (secondary N) is 1. The maximum absolute atomic E-state index is 12.2. The predicted molar refractivity (Wildman–Crippen MR) is 87.3 cm³/mol. The van der Waals surface area contributed by atoms with Crippen molar-refractivity contribution in [2.24, 2.45) is 5.92 Å². The minimum Gasteiger partial charge on any atom is -0.398 e. The van der Waals surface area contributed by atoms with Gasteiger partial charge in [0.15, 0.2) is 0 Å². The van der Waals surface area contributed by atoms with Crippen LogP contribution < -0.4 is 10.5 Å². The highest BCUT2D eigenvalue weighted by atomic mass is 79.9. The first-order chi connectivity index (χ1) is 9.37. The van der Waals surface area contributed by atoms with Gasteiger partial charge in [-0.1, -0.05) is 19.3 Å². The average molecular weight is 361 g/mol. The van der Waals surface area contributed by atoms with E-state index in [1.165, 1.54) is 6.42 Å². The number of benzene rings is 1. The molecule has 0 unspecified atom stereocenters. The van der Waals surface area contributed by atoms with E-state index >= 15 is 0 Å². The molecule has 2 rings (SSSR count). The van der Waals surface area contributed by atoms with Crippen molar-refractivity contribution in [3.8, 4) is 0 Å². The van der Waals surface area contributed by atoms with Crippen molar-refractivity contribution in [2.45, 2.75) is 39.0 Å². The summed E-state index contributed by atoms with van der Waals surface area (Å²) < 4.78 is 27.9. The Kier molecular flexibility index (Phi) is 4.96. The smallest absolute Gasteiger partial charge is 0.233 e. The van der Waals surface area contributed by atoms with Gasteiger partial charge < -0.3 is 5.73 Å².